The van der Waals surface area contributed by atoms with Crippen LogP contribution in [0.2, 0.25) is 5.02 Å². The topological polar surface area (TPSA) is 72.9 Å². The minimum atomic E-state index is -4.66. The van der Waals surface area contributed by atoms with Crippen LogP contribution in [-0.4, -0.2) is 57.2 Å². The number of carbonyl (C=O) groups is 2. The van der Waals surface area contributed by atoms with E-state index in [2.05, 4.69) is 5.43 Å². The molecule has 0 bridgehead atoms. The average Bonchev–Trinajstić information content (AvgIpc) is 3.01. The van der Waals surface area contributed by atoms with Gasteiger partial charge in [0.05, 0.1) is 12.4 Å². The molecule has 11 heteroatoms. The summed E-state index contributed by atoms with van der Waals surface area (Å²) in [5.41, 5.74) is 4.93. The van der Waals surface area contributed by atoms with E-state index < -0.39 is 42.2 Å². The number of aliphatic hydroxyl groups excluding tert-OH is 1. The number of thioether (sulfide) groups is 1. The van der Waals surface area contributed by atoms with E-state index in [-0.39, 0.29) is 0 Å². The third kappa shape index (κ3) is 3.91. The number of hydrogen-bond acceptors (Lipinski definition) is 6. The maximum Gasteiger partial charge on any atom is 0.408 e. The van der Waals surface area contributed by atoms with Crippen molar-refractivity contribution in [2.75, 3.05) is 6.67 Å². The number of amides is 1. The highest BCUT2D eigenvalue weighted by molar-refractivity contribution is 7.98. The lowest BCUT2D eigenvalue weighted by Gasteiger charge is -2.54. The summed E-state index contributed by atoms with van der Waals surface area (Å²) >= 11 is 7.83. The Balaban J connectivity index is 1.59. The highest BCUT2D eigenvalue weighted by Gasteiger charge is 2.59. The molecular formula is C25H23ClF3N3O3S. The quantitative estimate of drug-likeness (QED) is 0.600. The molecule has 3 aliphatic rings. The second-order valence-electron chi connectivity index (χ2n) is 9.29. The highest BCUT2D eigenvalue weighted by atomic mass is 35.5. The van der Waals surface area contributed by atoms with Crippen LogP contribution in [-0.2, 0) is 21.8 Å². The smallest absolute Gasteiger partial charge is 0.382 e. The molecule has 3 atom stereocenters. The van der Waals surface area contributed by atoms with Crippen molar-refractivity contribution in [1.29, 1.82) is 0 Å². The molecule has 1 saturated heterocycles. The van der Waals surface area contributed by atoms with Crippen LogP contribution in [0, 0.1) is 0 Å². The molecular weight excluding hydrogens is 515 g/mol. The van der Waals surface area contributed by atoms with Crippen LogP contribution < -0.4 is 5.43 Å². The molecule has 1 fully saturated rings. The molecule has 2 aromatic rings. The van der Waals surface area contributed by atoms with Gasteiger partial charge in [-0.25, -0.2) is 5.43 Å². The van der Waals surface area contributed by atoms with E-state index in [9.17, 15) is 27.9 Å². The first-order chi connectivity index (χ1) is 16.9. The summed E-state index contributed by atoms with van der Waals surface area (Å²) in [6.07, 6.45) is -4.71. The monoisotopic (exact) mass is 537 g/mol. The van der Waals surface area contributed by atoms with Crippen LogP contribution in [0.3, 0.4) is 0 Å². The SMILES string of the molecule is C[C@H](N1CNN2C(c3cccc4c3Cc3ccc(Cl)cc3SC4)=CC(=O)C(O)C2(C)C1=O)C(F)(F)F. The van der Waals surface area contributed by atoms with Crippen LogP contribution in [0.1, 0.15) is 36.1 Å². The first kappa shape index (κ1) is 25.1. The number of alkyl halides is 3. The summed E-state index contributed by atoms with van der Waals surface area (Å²) in [7, 11) is 0. The lowest BCUT2D eigenvalue weighted by Crippen LogP contribution is -2.76. The summed E-state index contributed by atoms with van der Waals surface area (Å²) in [6.45, 7) is 1.74. The predicted octanol–water partition coefficient (Wildman–Crippen LogP) is 4.14. The van der Waals surface area contributed by atoms with Gasteiger partial charge in [0, 0.05) is 27.3 Å². The van der Waals surface area contributed by atoms with Crippen LogP contribution in [0.4, 0.5) is 13.2 Å². The second kappa shape index (κ2) is 8.79. The lowest BCUT2D eigenvalue weighted by atomic mass is 9.82. The molecule has 2 aromatic carbocycles. The predicted molar refractivity (Wildman–Crippen MR) is 130 cm³/mol. The van der Waals surface area contributed by atoms with Crippen molar-refractivity contribution in [3.05, 3.63) is 69.8 Å². The number of nitrogens with zero attached hydrogens (tertiary/aromatic N) is 2. The summed E-state index contributed by atoms with van der Waals surface area (Å²) in [4.78, 5) is 28.0. The lowest BCUT2D eigenvalue weighted by molar-refractivity contribution is -0.205. The number of halogens is 4. The Morgan fingerprint density at radius 1 is 1.22 bits per heavy atom. The van der Waals surface area contributed by atoms with E-state index in [4.69, 9.17) is 11.6 Å². The largest absolute Gasteiger partial charge is 0.408 e. The van der Waals surface area contributed by atoms with Gasteiger partial charge in [0.25, 0.3) is 5.91 Å². The maximum absolute atomic E-state index is 13.5. The summed E-state index contributed by atoms with van der Waals surface area (Å²) < 4.78 is 40.4. The van der Waals surface area contributed by atoms with E-state index in [1.54, 1.807) is 11.8 Å². The van der Waals surface area contributed by atoms with Crippen LogP contribution >= 0.6 is 23.4 Å². The number of aliphatic hydroxyl groups is 1. The van der Waals surface area contributed by atoms with Gasteiger partial charge in [0.1, 0.15) is 12.1 Å². The molecule has 5 rings (SSSR count). The third-order valence-electron chi connectivity index (χ3n) is 7.15. The second-order valence-corrected chi connectivity index (χ2v) is 10.7. The number of rotatable bonds is 2. The molecule has 190 valence electrons. The van der Waals surface area contributed by atoms with Gasteiger partial charge in [-0.2, -0.15) is 13.2 Å². The average molecular weight is 538 g/mol. The minimum Gasteiger partial charge on any atom is -0.382 e. The molecule has 0 aliphatic carbocycles. The highest BCUT2D eigenvalue weighted by Crippen LogP contribution is 2.42. The molecule has 1 amide bonds. The van der Waals surface area contributed by atoms with Crippen LogP contribution in [0.15, 0.2) is 47.4 Å². The molecule has 6 nitrogen and oxygen atoms in total. The Morgan fingerprint density at radius 2 is 1.97 bits per heavy atom. The van der Waals surface area contributed by atoms with Gasteiger partial charge >= 0.3 is 6.18 Å². The van der Waals surface area contributed by atoms with Crippen LogP contribution in [0.5, 0.6) is 0 Å². The van der Waals surface area contributed by atoms with Crippen molar-refractivity contribution in [3.8, 4) is 0 Å². The molecule has 2 N–H and O–H groups in total. The van der Waals surface area contributed by atoms with Gasteiger partial charge in [-0.15, -0.1) is 11.8 Å². The van der Waals surface area contributed by atoms with Gasteiger partial charge in [-0.3, -0.25) is 14.6 Å². The molecule has 3 aliphatic heterocycles. The van der Waals surface area contributed by atoms with Crippen molar-refractivity contribution in [3.63, 3.8) is 0 Å². The molecule has 36 heavy (non-hydrogen) atoms. The molecule has 2 unspecified atom stereocenters. The van der Waals surface area contributed by atoms with E-state index in [1.165, 1.54) is 18.0 Å². The molecule has 0 aromatic heterocycles. The Bertz CT molecular complexity index is 1300. The van der Waals surface area contributed by atoms with Crippen molar-refractivity contribution < 1.29 is 27.9 Å². The summed E-state index contributed by atoms with van der Waals surface area (Å²) in [5.74, 6) is -1.07. The molecule has 0 radical (unpaired) electrons. The number of hydrazine groups is 1. The van der Waals surface area contributed by atoms with E-state index in [0.717, 1.165) is 28.5 Å². The number of hydrogen-bond donors (Lipinski definition) is 2. The third-order valence-corrected chi connectivity index (χ3v) is 8.53. The zero-order valence-electron chi connectivity index (χ0n) is 19.4. The van der Waals surface area contributed by atoms with Crippen molar-refractivity contribution in [2.45, 2.75) is 54.8 Å². The van der Waals surface area contributed by atoms with E-state index in [0.29, 0.717) is 33.4 Å². The van der Waals surface area contributed by atoms with Gasteiger partial charge in [-0.05, 0) is 49.1 Å². The van der Waals surface area contributed by atoms with Crippen molar-refractivity contribution in [1.82, 2.24) is 15.3 Å². The van der Waals surface area contributed by atoms with Crippen molar-refractivity contribution in [2.24, 2.45) is 0 Å². The number of carbonyl (C=O) groups excluding carboxylic acids is 2. The Hall–Kier alpha value is -2.53. The number of ketones is 1. The Labute approximate surface area is 215 Å². The van der Waals surface area contributed by atoms with E-state index >= 15 is 0 Å². The van der Waals surface area contributed by atoms with Gasteiger partial charge in [0.15, 0.2) is 11.3 Å². The fraction of sp³-hybridized carbons (Fsp3) is 0.360. The Kier molecular flexibility index (Phi) is 6.14. The molecule has 3 heterocycles. The zero-order chi connectivity index (χ0) is 26.0. The van der Waals surface area contributed by atoms with Gasteiger partial charge in [0.2, 0.25) is 0 Å². The zero-order valence-corrected chi connectivity index (χ0v) is 21.0. The first-order valence-electron chi connectivity index (χ1n) is 11.3. The minimum absolute atomic E-state index is 0.333. The van der Waals surface area contributed by atoms with Gasteiger partial charge in [-0.1, -0.05) is 35.9 Å². The number of nitrogens with one attached hydrogen (secondary N) is 1. The normalized spacial score (nSPS) is 25.0. The maximum atomic E-state index is 13.5. The fourth-order valence-electron chi connectivity index (χ4n) is 4.96. The first-order valence-corrected chi connectivity index (χ1v) is 12.7. The summed E-state index contributed by atoms with van der Waals surface area (Å²) in [5, 5.41) is 12.8. The molecule has 0 saturated carbocycles. The number of benzene rings is 2. The number of fused-ring (bicyclic) bond motifs is 3. The van der Waals surface area contributed by atoms with E-state index in [1.807, 2.05) is 36.4 Å². The van der Waals surface area contributed by atoms with Gasteiger partial charge < -0.3 is 10.0 Å². The summed E-state index contributed by atoms with van der Waals surface area (Å²) in [6, 6.07) is 9.22. The standard InChI is InChI=1S/C25H23ClF3N3O3S/c1-13(25(27,28)29)31-12-30-32-19(10-20(33)22(34)24(32,2)23(31)35)17-5-3-4-15-11-36-21-9-16(26)7-6-14(21)8-18(15)17/h3-7,9-10,13,22,30,34H,8,11-12H2,1-2H3/t13-,22?,24?/m0/s1. The fourth-order valence-corrected chi connectivity index (χ4v) is 6.31. The Morgan fingerprint density at radius 3 is 2.69 bits per heavy atom. The van der Waals surface area contributed by atoms with Crippen molar-refractivity contribution >= 4 is 40.8 Å². The molecule has 0 spiro atoms. The van der Waals surface area contributed by atoms with Crippen LogP contribution in [0.25, 0.3) is 5.70 Å².